The van der Waals surface area contributed by atoms with Gasteiger partial charge in [-0.3, -0.25) is 14.4 Å². The van der Waals surface area contributed by atoms with Crippen LogP contribution in [0.4, 0.5) is 0 Å². The predicted octanol–water partition coefficient (Wildman–Crippen LogP) is 2.48. The number of nitrogens with zero attached hydrogens (tertiary/aromatic N) is 2. The van der Waals surface area contributed by atoms with E-state index in [0.29, 0.717) is 24.4 Å². The Kier molecular flexibility index (Phi) is 6.29. The number of hydrogen-bond donors (Lipinski definition) is 1. The molecule has 7 heteroatoms. The number of benzene rings is 1. The van der Waals surface area contributed by atoms with Crippen LogP contribution in [0, 0.1) is 5.41 Å². The standard InChI is InChI=1S/C21H28N2O5/c1-13(24)28-15-9-7-8-14(12-15)17-16(19(26)21(2,3)4)18(25)20(27)23(17)11-10-22(5)6/h7-9,12,17,25H,10-11H2,1-6H3. The maximum atomic E-state index is 13.1. The molecule has 1 aromatic carbocycles. The van der Waals surface area contributed by atoms with Crippen molar-refractivity contribution in [3.05, 3.63) is 41.2 Å². The van der Waals surface area contributed by atoms with Crippen molar-refractivity contribution < 1.29 is 24.2 Å². The van der Waals surface area contributed by atoms with Crippen molar-refractivity contribution in [2.24, 2.45) is 5.41 Å². The number of likely N-dealkylation sites (N-methyl/N-ethyl adjacent to an activating group) is 1. The summed E-state index contributed by atoms with van der Waals surface area (Å²) in [5, 5.41) is 10.5. The Bertz CT molecular complexity index is 820. The van der Waals surface area contributed by atoms with Crippen LogP contribution in [0.2, 0.25) is 0 Å². The molecule has 1 aliphatic heterocycles. The summed E-state index contributed by atoms with van der Waals surface area (Å²) in [6.45, 7) is 7.43. The Morgan fingerprint density at radius 1 is 1.25 bits per heavy atom. The van der Waals surface area contributed by atoms with Gasteiger partial charge in [0.05, 0.1) is 11.6 Å². The number of carbonyl (C=O) groups is 3. The highest BCUT2D eigenvalue weighted by molar-refractivity contribution is 6.10. The minimum atomic E-state index is -0.771. The number of ketones is 1. The lowest BCUT2D eigenvalue weighted by Crippen LogP contribution is -2.37. The second-order valence-electron chi connectivity index (χ2n) is 8.21. The monoisotopic (exact) mass is 388 g/mol. The average molecular weight is 388 g/mol. The highest BCUT2D eigenvalue weighted by atomic mass is 16.5. The maximum Gasteiger partial charge on any atom is 0.308 e. The van der Waals surface area contributed by atoms with Crippen molar-refractivity contribution in [3.8, 4) is 5.75 Å². The Balaban J connectivity index is 2.55. The summed E-state index contributed by atoms with van der Waals surface area (Å²) in [5.74, 6) is -1.53. The zero-order valence-electron chi connectivity index (χ0n) is 17.3. The van der Waals surface area contributed by atoms with E-state index in [2.05, 4.69) is 0 Å². The minimum absolute atomic E-state index is 0.0798. The fourth-order valence-electron chi connectivity index (χ4n) is 3.09. The summed E-state index contributed by atoms with van der Waals surface area (Å²) >= 11 is 0. The predicted molar refractivity (Wildman–Crippen MR) is 105 cm³/mol. The van der Waals surface area contributed by atoms with Crippen LogP contribution in [0.25, 0.3) is 0 Å². The molecule has 7 nitrogen and oxygen atoms in total. The molecule has 1 heterocycles. The summed E-state index contributed by atoms with van der Waals surface area (Å²) in [6.07, 6.45) is 0. The van der Waals surface area contributed by atoms with Crippen LogP contribution < -0.4 is 4.74 Å². The van der Waals surface area contributed by atoms with Gasteiger partial charge in [0, 0.05) is 25.4 Å². The Morgan fingerprint density at radius 3 is 2.43 bits per heavy atom. The van der Waals surface area contributed by atoms with Crippen LogP contribution in [0.15, 0.2) is 35.6 Å². The number of hydrogen-bond acceptors (Lipinski definition) is 6. The van der Waals surface area contributed by atoms with Gasteiger partial charge in [0.25, 0.3) is 5.91 Å². The maximum absolute atomic E-state index is 13.1. The van der Waals surface area contributed by atoms with Crippen molar-refractivity contribution in [1.29, 1.82) is 0 Å². The quantitative estimate of drug-likeness (QED) is 0.595. The van der Waals surface area contributed by atoms with Crippen molar-refractivity contribution in [2.45, 2.75) is 33.7 Å². The molecule has 28 heavy (non-hydrogen) atoms. The molecule has 1 unspecified atom stereocenters. The SMILES string of the molecule is CC(=O)Oc1cccc(C2C(C(=O)C(C)(C)C)=C(O)C(=O)N2CCN(C)C)c1. The van der Waals surface area contributed by atoms with Crippen LogP contribution in [-0.2, 0) is 14.4 Å². The second-order valence-corrected chi connectivity index (χ2v) is 8.21. The van der Waals surface area contributed by atoms with Gasteiger partial charge in [0.15, 0.2) is 11.5 Å². The second kappa shape index (κ2) is 8.14. The first kappa shape index (κ1) is 21.6. The Hall–Kier alpha value is -2.67. The number of ether oxygens (including phenoxy) is 1. The van der Waals surface area contributed by atoms with Gasteiger partial charge in [-0.25, -0.2) is 0 Å². The van der Waals surface area contributed by atoms with E-state index in [4.69, 9.17) is 4.74 Å². The van der Waals surface area contributed by atoms with Gasteiger partial charge in [-0.15, -0.1) is 0 Å². The molecule has 0 aromatic heterocycles. The molecule has 0 spiro atoms. The summed E-state index contributed by atoms with van der Waals surface area (Å²) in [7, 11) is 3.76. The van der Waals surface area contributed by atoms with E-state index in [1.165, 1.54) is 11.8 Å². The lowest BCUT2D eigenvalue weighted by atomic mass is 9.82. The zero-order valence-corrected chi connectivity index (χ0v) is 17.3. The first-order valence-corrected chi connectivity index (χ1v) is 9.15. The van der Waals surface area contributed by atoms with E-state index in [9.17, 15) is 19.5 Å². The van der Waals surface area contributed by atoms with Gasteiger partial charge in [-0.05, 0) is 31.8 Å². The molecule has 2 rings (SSSR count). The summed E-state index contributed by atoms with van der Waals surface area (Å²) in [6, 6.07) is 5.95. The zero-order chi connectivity index (χ0) is 21.2. The molecule has 152 valence electrons. The van der Waals surface area contributed by atoms with E-state index in [-0.39, 0.29) is 11.4 Å². The number of aliphatic hydroxyl groups is 1. The summed E-state index contributed by atoms with van der Waals surface area (Å²) < 4.78 is 5.15. The Morgan fingerprint density at radius 2 is 1.89 bits per heavy atom. The number of aliphatic hydroxyl groups excluding tert-OH is 1. The minimum Gasteiger partial charge on any atom is -0.503 e. The van der Waals surface area contributed by atoms with Gasteiger partial charge >= 0.3 is 5.97 Å². The topological polar surface area (TPSA) is 87.2 Å². The van der Waals surface area contributed by atoms with E-state index < -0.39 is 29.1 Å². The van der Waals surface area contributed by atoms with Crippen LogP contribution in [0.5, 0.6) is 5.75 Å². The summed E-state index contributed by atoms with van der Waals surface area (Å²) in [5.41, 5.74) is -0.0916. The third-order valence-electron chi connectivity index (χ3n) is 4.45. The van der Waals surface area contributed by atoms with Gasteiger partial charge in [-0.1, -0.05) is 32.9 Å². The smallest absolute Gasteiger partial charge is 0.308 e. The third-order valence-corrected chi connectivity index (χ3v) is 4.45. The first-order chi connectivity index (χ1) is 12.9. The highest BCUT2D eigenvalue weighted by Gasteiger charge is 2.45. The van der Waals surface area contributed by atoms with Crippen LogP contribution >= 0.6 is 0 Å². The van der Waals surface area contributed by atoms with E-state index in [1.807, 2.05) is 19.0 Å². The molecule has 1 atom stereocenters. The van der Waals surface area contributed by atoms with Crippen LogP contribution in [-0.4, -0.2) is 59.8 Å². The molecular weight excluding hydrogens is 360 g/mol. The molecule has 1 N–H and O–H groups in total. The molecule has 1 aromatic rings. The molecule has 0 aliphatic carbocycles. The first-order valence-electron chi connectivity index (χ1n) is 9.15. The van der Waals surface area contributed by atoms with Crippen molar-refractivity contribution in [3.63, 3.8) is 0 Å². The number of Topliss-reactive ketones (excluding diaryl/α,β-unsaturated/α-hetero) is 1. The molecule has 0 radical (unpaired) electrons. The fourth-order valence-corrected chi connectivity index (χ4v) is 3.09. The molecule has 0 saturated heterocycles. The lowest BCUT2D eigenvalue weighted by molar-refractivity contribution is -0.132. The molecule has 0 saturated carbocycles. The number of amides is 1. The number of carbonyl (C=O) groups excluding carboxylic acids is 3. The van der Waals surface area contributed by atoms with Crippen molar-refractivity contribution in [1.82, 2.24) is 9.80 Å². The third kappa shape index (κ3) is 4.59. The number of esters is 1. The van der Waals surface area contributed by atoms with E-state index in [1.54, 1.807) is 45.0 Å². The van der Waals surface area contributed by atoms with E-state index in [0.717, 1.165) is 0 Å². The van der Waals surface area contributed by atoms with Gasteiger partial charge < -0.3 is 19.6 Å². The van der Waals surface area contributed by atoms with E-state index >= 15 is 0 Å². The van der Waals surface area contributed by atoms with Gasteiger partial charge in [0.2, 0.25) is 0 Å². The van der Waals surface area contributed by atoms with Crippen molar-refractivity contribution >= 4 is 17.7 Å². The van der Waals surface area contributed by atoms with Gasteiger partial charge in [0.1, 0.15) is 5.75 Å². The fraction of sp³-hybridized carbons (Fsp3) is 0.476. The average Bonchev–Trinajstić information content (AvgIpc) is 2.82. The van der Waals surface area contributed by atoms with Crippen molar-refractivity contribution in [2.75, 3.05) is 27.2 Å². The van der Waals surface area contributed by atoms with Crippen LogP contribution in [0.3, 0.4) is 0 Å². The molecular formula is C21H28N2O5. The number of rotatable bonds is 6. The largest absolute Gasteiger partial charge is 0.503 e. The lowest BCUT2D eigenvalue weighted by Gasteiger charge is -2.29. The molecule has 1 amide bonds. The van der Waals surface area contributed by atoms with Gasteiger partial charge in [-0.2, -0.15) is 0 Å². The highest BCUT2D eigenvalue weighted by Crippen LogP contribution is 2.41. The van der Waals surface area contributed by atoms with Crippen LogP contribution in [0.1, 0.15) is 39.3 Å². The Labute approximate surface area is 165 Å². The molecule has 1 aliphatic rings. The molecule has 0 bridgehead atoms. The summed E-state index contributed by atoms with van der Waals surface area (Å²) in [4.78, 5) is 40.5. The molecule has 0 fully saturated rings. The normalized spacial score (nSPS) is 17.5.